The summed E-state index contributed by atoms with van der Waals surface area (Å²) in [5.74, 6) is 2.35. The third-order valence-corrected chi connectivity index (χ3v) is 5.59. The van der Waals surface area contributed by atoms with Gasteiger partial charge in [-0.15, -0.1) is 0 Å². The maximum Gasteiger partial charge on any atom is 0.255 e. The Labute approximate surface area is 164 Å². The maximum absolute atomic E-state index is 12.7. The number of carbonyl (C=O) groups excluding carboxylic acids is 2. The second kappa shape index (κ2) is 8.46. The molecule has 1 N–H and O–H groups in total. The second-order valence-corrected chi connectivity index (χ2v) is 7.54. The van der Waals surface area contributed by atoms with Gasteiger partial charge in [-0.2, -0.15) is 0 Å². The molecular formula is C21H26N4O3. The molecule has 7 nitrogen and oxygen atoms in total. The Morgan fingerprint density at radius 1 is 1.21 bits per heavy atom. The van der Waals surface area contributed by atoms with E-state index in [0.717, 1.165) is 51.2 Å². The second-order valence-electron chi connectivity index (χ2n) is 7.54. The minimum Gasteiger partial charge on any atom is -0.467 e. The number of pyridine rings is 1. The molecule has 2 aliphatic heterocycles. The maximum atomic E-state index is 12.7. The fourth-order valence-electron chi connectivity index (χ4n) is 3.93. The van der Waals surface area contributed by atoms with Gasteiger partial charge in [0.05, 0.1) is 18.4 Å². The third-order valence-electron chi connectivity index (χ3n) is 5.59. The van der Waals surface area contributed by atoms with Gasteiger partial charge in [0.2, 0.25) is 5.91 Å². The standard InChI is InChI=1S/C21H26N4O3/c26-20-4-1-9-25(20)15-16-7-10-24(11-8-16)21(27)17-5-6-19(22-13-17)23-14-18-3-2-12-28-18/h2-3,5-6,12-13,16H,1,4,7-11,14-15H2,(H,22,23). The molecule has 148 valence electrons. The van der Waals surface area contributed by atoms with E-state index in [2.05, 4.69) is 10.3 Å². The number of rotatable bonds is 6. The molecular weight excluding hydrogens is 356 g/mol. The Hall–Kier alpha value is -2.83. The number of likely N-dealkylation sites (tertiary alicyclic amines) is 2. The summed E-state index contributed by atoms with van der Waals surface area (Å²) >= 11 is 0. The van der Waals surface area contributed by atoms with Gasteiger partial charge in [0.1, 0.15) is 11.6 Å². The Bertz CT molecular complexity index is 796. The molecule has 2 amide bonds. The van der Waals surface area contributed by atoms with Crippen molar-refractivity contribution in [3.8, 4) is 0 Å². The van der Waals surface area contributed by atoms with Crippen LogP contribution in [-0.4, -0.2) is 52.8 Å². The van der Waals surface area contributed by atoms with Gasteiger partial charge in [-0.3, -0.25) is 9.59 Å². The molecule has 0 bridgehead atoms. The Morgan fingerprint density at radius 3 is 2.71 bits per heavy atom. The smallest absolute Gasteiger partial charge is 0.255 e. The van der Waals surface area contributed by atoms with Gasteiger partial charge >= 0.3 is 0 Å². The van der Waals surface area contributed by atoms with E-state index in [4.69, 9.17) is 4.42 Å². The van der Waals surface area contributed by atoms with Crippen LogP contribution in [-0.2, 0) is 11.3 Å². The first kappa shape index (κ1) is 18.5. The van der Waals surface area contributed by atoms with E-state index in [9.17, 15) is 9.59 Å². The minimum absolute atomic E-state index is 0.0285. The lowest BCUT2D eigenvalue weighted by Gasteiger charge is -2.34. The summed E-state index contributed by atoms with van der Waals surface area (Å²) in [6.07, 6.45) is 6.84. The van der Waals surface area contributed by atoms with Gasteiger partial charge in [0, 0.05) is 38.8 Å². The summed E-state index contributed by atoms with van der Waals surface area (Å²) in [5, 5.41) is 3.17. The zero-order chi connectivity index (χ0) is 19.3. The summed E-state index contributed by atoms with van der Waals surface area (Å²) < 4.78 is 5.28. The van der Waals surface area contributed by atoms with Gasteiger partial charge < -0.3 is 19.5 Å². The van der Waals surface area contributed by atoms with Crippen LogP contribution < -0.4 is 5.32 Å². The number of nitrogens with one attached hydrogen (secondary N) is 1. The number of piperidine rings is 1. The highest BCUT2D eigenvalue weighted by Crippen LogP contribution is 2.22. The number of furan rings is 1. The first-order valence-corrected chi connectivity index (χ1v) is 9.98. The monoisotopic (exact) mass is 382 g/mol. The lowest BCUT2D eigenvalue weighted by molar-refractivity contribution is -0.128. The number of amides is 2. The van der Waals surface area contributed by atoms with Gasteiger partial charge in [-0.25, -0.2) is 4.98 Å². The number of aromatic nitrogens is 1. The molecule has 2 aromatic rings. The van der Waals surface area contributed by atoms with Crippen LogP contribution in [0.1, 0.15) is 41.8 Å². The molecule has 2 saturated heterocycles. The van der Waals surface area contributed by atoms with Gasteiger partial charge in [-0.05, 0) is 49.4 Å². The molecule has 0 radical (unpaired) electrons. The van der Waals surface area contributed by atoms with Gasteiger partial charge in [0.15, 0.2) is 0 Å². The molecule has 4 heterocycles. The number of anilines is 1. The highest BCUT2D eigenvalue weighted by atomic mass is 16.3. The van der Waals surface area contributed by atoms with E-state index in [1.807, 2.05) is 34.1 Å². The zero-order valence-electron chi connectivity index (χ0n) is 16.0. The van der Waals surface area contributed by atoms with Crippen LogP contribution in [0, 0.1) is 5.92 Å². The van der Waals surface area contributed by atoms with E-state index in [1.54, 1.807) is 12.5 Å². The van der Waals surface area contributed by atoms with Crippen molar-refractivity contribution in [2.24, 2.45) is 5.92 Å². The molecule has 0 aromatic carbocycles. The van der Waals surface area contributed by atoms with Crippen LogP contribution in [0.15, 0.2) is 41.1 Å². The van der Waals surface area contributed by atoms with E-state index >= 15 is 0 Å². The molecule has 0 unspecified atom stereocenters. The van der Waals surface area contributed by atoms with Crippen LogP contribution in [0.5, 0.6) is 0 Å². The molecule has 2 aromatic heterocycles. The fraction of sp³-hybridized carbons (Fsp3) is 0.476. The van der Waals surface area contributed by atoms with Gasteiger partial charge in [-0.1, -0.05) is 0 Å². The molecule has 28 heavy (non-hydrogen) atoms. The normalized spacial score (nSPS) is 17.9. The molecule has 0 saturated carbocycles. The number of carbonyl (C=O) groups is 2. The number of hydrogen-bond donors (Lipinski definition) is 1. The minimum atomic E-state index is 0.0285. The number of hydrogen-bond acceptors (Lipinski definition) is 5. The highest BCUT2D eigenvalue weighted by molar-refractivity contribution is 5.94. The Balaban J connectivity index is 1.26. The summed E-state index contributed by atoms with van der Waals surface area (Å²) in [4.78, 5) is 32.8. The molecule has 4 rings (SSSR count). The van der Waals surface area contributed by atoms with Crippen molar-refractivity contribution in [1.82, 2.24) is 14.8 Å². The van der Waals surface area contributed by atoms with Crippen LogP contribution in [0.4, 0.5) is 5.82 Å². The first-order valence-electron chi connectivity index (χ1n) is 9.98. The van der Waals surface area contributed by atoms with Crippen molar-refractivity contribution in [2.75, 3.05) is 31.5 Å². The fourth-order valence-corrected chi connectivity index (χ4v) is 3.93. The lowest BCUT2D eigenvalue weighted by atomic mass is 9.96. The lowest BCUT2D eigenvalue weighted by Crippen LogP contribution is -2.41. The quantitative estimate of drug-likeness (QED) is 0.831. The van der Waals surface area contributed by atoms with Crippen molar-refractivity contribution in [3.63, 3.8) is 0 Å². The van der Waals surface area contributed by atoms with Gasteiger partial charge in [0.25, 0.3) is 5.91 Å². The van der Waals surface area contributed by atoms with Crippen LogP contribution in [0.25, 0.3) is 0 Å². The third kappa shape index (κ3) is 4.35. The summed E-state index contributed by atoms with van der Waals surface area (Å²) in [6, 6.07) is 7.38. The van der Waals surface area contributed by atoms with Crippen LogP contribution >= 0.6 is 0 Å². The van der Waals surface area contributed by atoms with E-state index < -0.39 is 0 Å². The van der Waals surface area contributed by atoms with Crippen LogP contribution in [0.2, 0.25) is 0 Å². The van der Waals surface area contributed by atoms with Crippen LogP contribution in [0.3, 0.4) is 0 Å². The average Bonchev–Trinajstić information content (AvgIpc) is 3.39. The summed E-state index contributed by atoms with van der Waals surface area (Å²) in [5.41, 5.74) is 0.608. The SMILES string of the molecule is O=C1CCCN1CC1CCN(C(=O)c2ccc(NCc3ccco3)nc2)CC1. The largest absolute Gasteiger partial charge is 0.467 e. The zero-order valence-corrected chi connectivity index (χ0v) is 16.0. The van der Waals surface area contributed by atoms with Crippen molar-refractivity contribution in [2.45, 2.75) is 32.2 Å². The summed E-state index contributed by atoms with van der Waals surface area (Å²) in [7, 11) is 0. The van der Waals surface area contributed by atoms with E-state index in [-0.39, 0.29) is 11.8 Å². The van der Waals surface area contributed by atoms with Crippen molar-refractivity contribution >= 4 is 17.6 Å². The Kier molecular flexibility index (Phi) is 5.60. The predicted molar refractivity (Wildman–Crippen MR) is 105 cm³/mol. The molecule has 0 atom stereocenters. The van der Waals surface area contributed by atoms with Crippen molar-refractivity contribution < 1.29 is 14.0 Å². The predicted octanol–water partition coefficient (Wildman–Crippen LogP) is 2.76. The molecule has 7 heteroatoms. The van der Waals surface area contributed by atoms with Crippen molar-refractivity contribution in [1.29, 1.82) is 0 Å². The summed E-state index contributed by atoms with van der Waals surface area (Å²) in [6.45, 7) is 3.77. The molecule has 0 aliphatic carbocycles. The first-order chi connectivity index (χ1) is 13.7. The van der Waals surface area contributed by atoms with E-state index in [0.29, 0.717) is 30.3 Å². The van der Waals surface area contributed by atoms with E-state index in [1.165, 1.54) is 0 Å². The Morgan fingerprint density at radius 2 is 2.07 bits per heavy atom. The molecule has 0 spiro atoms. The molecule has 2 aliphatic rings. The average molecular weight is 382 g/mol. The molecule has 2 fully saturated rings. The highest BCUT2D eigenvalue weighted by Gasteiger charge is 2.28. The van der Waals surface area contributed by atoms with Crippen molar-refractivity contribution in [3.05, 3.63) is 48.0 Å². The number of nitrogens with zero attached hydrogens (tertiary/aromatic N) is 3. The topological polar surface area (TPSA) is 78.7 Å².